The largest absolute Gasteiger partial charge is 0.404 e. The molecule has 0 spiro atoms. The van der Waals surface area contributed by atoms with E-state index in [4.69, 9.17) is 5.73 Å². The van der Waals surface area contributed by atoms with Gasteiger partial charge in [-0.1, -0.05) is 6.92 Å². The molecule has 0 fully saturated rings. The van der Waals surface area contributed by atoms with Gasteiger partial charge in [0, 0.05) is 26.0 Å². The number of carbonyl (C=O) groups excluding carboxylic acids is 1. The van der Waals surface area contributed by atoms with E-state index in [-0.39, 0.29) is 5.91 Å². The molecule has 1 amide bonds. The van der Waals surface area contributed by atoms with Crippen LogP contribution in [0.4, 0.5) is 0 Å². The highest BCUT2D eigenvalue weighted by Crippen LogP contribution is 2.06. The fraction of sp³-hybridized carbons (Fsp3) is 0.353. The number of nitrogens with one attached hydrogen (secondary N) is 2. The van der Waals surface area contributed by atoms with Crippen molar-refractivity contribution in [2.45, 2.75) is 33.7 Å². The summed E-state index contributed by atoms with van der Waals surface area (Å²) in [4.78, 5) is 20.4. The number of aliphatic imine (C=N–C) groups is 1. The summed E-state index contributed by atoms with van der Waals surface area (Å²) >= 11 is 0. The van der Waals surface area contributed by atoms with Crippen molar-refractivity contribution in [3.63, 3.8) is 0 Å². The Balaban J connectivity index is 2.86. The first-order valence-corrected chi connectivity index (χ1v) is 7.53. The van der Waals surface area contributed by atoms with Gasteiger partial charge in [0.15, 0.2) is 0 Å². The molecule has 1 aromatic rings. The Hall–Kier alpha value is -2.63. The Kier molecular flexibility index (Phi) is 7.53. The number of nitrogens with two attached hydrogens (primary N) is 1. The Morgan fingerprint density at radius 1 is 1.35 bits per heavy atom. The summed E-state index contributed by atoms with van der Waals surface area (Å²) in [6.07, 6.45) is 5.68. The molecule has 0 saturated carbocycles. The molecule has 0 atom stereocenters. The van der Waals surface area contributed by atoms with E-state index in [1.54, 1.807) is 26.4 Å². The summed E-state index contributed by atoms with van der Waals surface area (Å²) in [6.45, 7) is 6.36. The quantitative estimate of drug-likeness (QED) is 0.670. The molecule has 0 radical (unpaired) electrons. The van der Waals surface area contributed by atoms with E-state index in [0.29, 0.717) is 23.7 Å². The summed E-state index contributed by atoms with van der Waals surface area (Å²) in [5, 5.41) is 6.16. The molecule has 124 valence electrons. The molecule has 1 heterocycles. The fourth-order valence-corrected chi connectivity index (χ4v) is 1.88. The maximum Gasteiger partial charge on any atom is 0.275 e. The predicted octanol–water partition coefficient (Wildman–Crippen LogP) is 1.86. The molecule has 1 aromatic heterocycles. The maximum absolute atomic E-state index is 12.4. The molecule has 0 aliphatic heterocycles. The minimum atomic E-state index is -0.281. The molecule has 0 unspecified atom stereocenters. The zero-order valence-electron chi connectivity index (χ0n) is 14.2. The van der Waals surface area contributed by atoms with E-state index in [0.717, 1.165) is 17.6 Å². The number of nitrogens with zero attached hydrogens (tertiary/aromatic N) is 2. The SMILES string of the molecule is CC/C(C)=C(/NCc1ccncc1)NC(=O)C(=NC)C(C)=CN. The number of hydrogen-bond donors (Lipinski definition) is 3. The van der Waals surface area contributed by atoms with E-state index in [1.165, 1.54) is 6.20 Å². The summed E-state index contributed by atoms with van der Waals surface area (Å²) in [6, 6.07) is 3.85. The van der Waals surface area contributed by atoms with Gasteiger partial charge >= 0.3 is 0 Å². The molecule has 0 aromatic carbocycles. The molecule has 1 rings (SSSR count). The molecule has 0 saturated heterocycles. The summed E-state index contributed by atoms with van der Waals surface area (Å²) in [5.41, 5.74) is 8.57. The number of aromatic nitrogens is 1. The first-order valence-electron chi connectivity index (χ1n) is 7.53. The van der Waals surface area contributed by atoms with Gasteiger partial charge in [-0.05, 0) is 55.3 Å². The monoisotopic (exact) mass is 315 g/mol. The smallest absolute Gasteiger partial charge is 0.275 e. The summed E-state index contributed by atoms with van der Waals surface area (Å²) in [5.74, 6) is 0.414. The van der Waals surface area contributed by atoms with Gasteiger partial charge in [-0.2, -0.15) is 0 Å². The Labute approximate surface area is 137 Å². The normalized spacial score (nSPS) is 13.4. The van der Waals surface area contributed by atoms with Gasteiger partial charge in [0.2, 0.25) is 0 Å². The zero-order valence-corrected chi connectivity index (χ0v) is 14.2. The van der Waals surface area contributed by atoms with Crippen LogP contribution in [-0.2, 0) is 11.3 Å². The fourth-order valence-electron chi connectivity index (χ4n) is 1.88. The Morgan fingerprint density at radius 3 is 2.52 bits per heavy atom. The molecular formula is C17H25N5O. The second-order valence-electron chi connectivity index (χ2n) is 5.09. The average Bonchev–Trinajstić information content (AvgIpc) is 2.59. The third-order valence-electron chi connectivity index (χ3n) is 3.48. The van der Waals surface area contributed by atoms with Gasteiger partial charge in [-0.15, -0.1) is 0 Å². The molecule has 23 heavy (non-hydrogen) atoms. The van der Waals surface area contributed by atoms with Crippen LogP contribution < -0.4 is 16.4 Å². The van der Waals surface area contributed by atoms with Crippen molar-refractivity contribution >= 4 is 11.6 Å². The number of allylic oxidation sites excluding steroid dienone is 1. The van der Waals surface area contributed by atoms with E-state index in [1.807, 2.05) is 26.0 Å². The molecule has 4 N–H and O–H groups in total. The summed E-state index contributed by atoms with van der Waals surface area (Å²) in [7, 11) is 1.57. The van der Waals surface area contributed by atoms with E-state index in [9.17, 15) is 4.79 Å². The van der Waals surface area contributed by atoms with Crippen LogP contribution >= 0.6 is 0 Å². The molecular weight excluding hydrogens is 290 g/mol. The van der Waals surface area contributed by atoms with Crippen LogP contribution in [0.15, 0.2) is 52.7 Å². The summed E-state index contributed by atoms with van der Waals surface area (Å²) < 4.78 is 0. The Morgan fingerprint density at radius 2 is 2.00 bits per heavy atom. The highest BCUT2D eigenvalue weighted by molar-refractivity contribution is 6.45. The Bertz CT molecular complexity index is 617. The van der Waals surface area contributed by atoms with Gasteiger partial charge in [0.1, 0.15) is 11.5 Å². The van der Waals surface area contributed by atoms with Crippen molar-refractivity contribution in [2.75, 3.05) is 7.05 Å². The van der Waals surface area contributed by atoms with Crippen LogP contribution in [0.5, 0.6) is 0 Å². The van der Waals surface area contributed by atoms with Crippen molar-refractivity contribution in [3.05, 3.63) is 53.3 Å². The van der Waals surface area contributed by atoms with Crippen molar-refractivity contribution in [1.82, 2.24) is 15.6 Å². The lowest BCUT2D eigenvalue weighted by molar-refractivity contribution is -0.114. The van der Waals surface area contributed by atoms with Crippen molar-refractivity contribution in [3.8, 4) is 0 Å². The number of pyridine rings is 1. The second-order valence-corrected chi connectivity index (χ2v) is 5.09. The third-order valence-corrected chi connectivity index (χ3v) is 3.48. The molecule has 6 nitrogen and oxygen atoms in total. The van der Waals surface area contributed by atoms with Crippen molar-refractivity contribution in [2.24, 2.45) is 10.7 Å². The van der Waals surface area contributed by atoms with Crippen molar-refractivity contribution < 1.29 is 4.79 Å². The van der Waals surface area contributed by atoms with Gasteiger partial charge in [-0.3, -0.25) is 14.8 Å². The predicted molar refractivity (Wildman–Crippen MR) is 93.5 cm³/mol. The van der Waals surface area contributed by atoms with E-state index < -0.39 is 0 Å². The molecule has 0 aliphatic rings. The minimum Gasteiger partial charge on any atom is -0.404 e. The first-order chi connectivity index (χ1) is 11.0. The minimum absolute atomic E-state index is 0.281. The lowest BCUT2D eigenvalue weighted by Gasteiger charge is -2.16. The number of amides is 1. The van der Waals surface area contributed by atoms with Crippen LogP contribution in [0.25, 0.3) is 0 Å². The molecule has 6 heteroatoms. The average molecular weight is 315 g/mol. The highest BCUT2D eigenvalue weighted by atomic mass is 16.2. The maximum atomic E-state index is 12.4. The lowest BCUT2D eigenvalue weighted by Crippen LogP contribution is -2.37. The number of rotatable bonds is 7. The number of hydrogen-bond acceptors (Lipinski definition) is 5. The topological polar surface area (TPSA) is 92.4 Å². The highest BCUT2D eigenvalue weighted by Gasteiger charge is 2.15. The lowest BCUT2D eigenvalue weighted by atomic mass is 10.1. The van der Waals surface area contributed by atoms with Gasteiger partial charge in [0.05, 0.1) is 0 Å². The standard InChI is InChI=1S/C17H25N5O/c1-5-12(2)16(21-11-14-6-8-20-9-7-14)22-17(23)15(19-4)13(3)10-18/h6-10,21H,5,11,18H2,1-4H3,(H,22,23)/b13-10?,16-12-,19-15?. The van der Waals surface area contributed by atoms with Gasteiger partial charge < -0.3 is 16.4 Å². The zero-order chi connectivity index (χ0) is 17.2. The van der Waals surface area contributed by atoms with Crippen LogP contribution in [0.1, 0.15) is 32.8 Å². The van der Waals surface area contributed by atoms with Crippen molar-refractivity contribution in [1.29, 1.82) is 0 Å². The second kappa shape index (κ2) is 9.40. The van der Waals surface area contributed by atoms with Crippen LogP contribution in [0.3, 0.4) is 0 Å². The van der Waals surface area contributed by atoms with Crippen LogP contribution in [0.2, 0.25) is 0 Å². The van der Waals surface area contributed by atoms with Gasteiger partial charge in [-0.25, -0.2) is 0 Å². The molecule has 0 aliphatic carbocycles. The van der Waals surface area contributed by atoms with E-state index >= 15 is 0 Å². The number of carbonyl (C=O) groups is 1. The first kappa shape index (κ1) is 18.4. The molecule has 0 bridgehead atoms. The van der Waals surface area contributed by atoms with E-state index in [2.05, 4.69) is 20.6 Å². The van der Waals surface area contributed by atoms with Gasteiger partial charge in [0.25, 0.3) is 5.91 Å². The third kappa shape index (κ3) is 5.58. The van der Waals surface area contributed by atoms with Crippen LogP contribution in [0, 0.1) is 0 Å². The van der Waals surface area contributed by atoms with Crippen LogP contribution in [-0.4, -0.2) is 23.7 Å².